The average Bonchev–Trinajstić information content (AvgIpc) is 3.16. The maximum Gasteiger partial charge on any atom is 0.277 e. The van der Waals surface area contributed by atoms with E-state index in [2.05, 4.69) is 39.1 Å². The number of benzene rings is 3. The van der Waals surface area contributed by atoms with E-state index in [1.54, 1.807) is 6.21 Å². The van der Waals surface area contributed by atoms with Crippen LogP contribution in [0.1, 0.15) is 27.0 Å². The van der Waals surface area contributed by atoms with Crippen molar-refractivity contribution in [3.63, 3.8) is 0 Å². The van der Waals surface area contributed by atoms with E-state index >= 15 is 0 Å². The summed E-state index contributed by atoms with van der Waals surface area (Å²) in [6, 6.07) is 21.1. The van der Waals surface area contributed by atoms with Gasteiger partial charge in [0.25, 0.3) is 5.91 Å². The first kappa shape index (κ1) is 19.8. The van der Waals surface area contributed by atoms with Crippen molar-refractivity contribution in [3.05, 3.63) is 94.8 Å². The molecule has 5 heteroatoms. The van der Waals surface area contributed by atoms with Crippen LogP contribution in [-0.2, 0) is 13.1 Å². The quantitative estimate of drug-likeness (QED) is 0.623. The molecule has 2 heterocycles. The smallest absolute Gasteiger partial charge is 0.277 e. The molecule has 3 aromatic rings. The lowest BCUT2D eigenvalue weighted by molar-refractivity contribution is 0.101. The van der Waals surface area contributed by atoms with Crippen LogP contribution in [0.4, 0.5) is 4.39 Å². The molecule has 1 saturated heterocycles. The number of rotatable bonds is 5. The van der Waals surface area contributed by atoms with Gasteiger partial charge in [0.2, 0.25) is 0 Å². The van der Waals surface area contributed by atoms with Gasteiger partial charge in [-0.25, -0.2) is 9.38 Å². The first-order chi connectivity index (χ1) is 15.2. The standard InChI is InChI=1S/C26H24FN3O/c27-23-8-6-20(7-9-23)24-4-2-1-3-21(24)18-30-13-11-29(12-14-30)17-19-5-10-25-22(15-19)16-28-26(25)31/h1-10,15-16H,11-14,17-18H2. The van der Waals surface area contributed by atoms with E-state index in [-0.39, 0.29) is 11.7 Å². The molecule has 2 aliphatic heterocycles. The number of amides is 1. The van der Waals surface area contributed by atoms with Crippen LogP contribution in [0, 0.1) is 5.82 Å². The summed E-state index contributed by atoms with van der Waals surface area (Å²) in [7, 11) is 0. The summed E-state index contributed by atoms with van der Waals surface area (Å²) in [6.07, 6.45) is 1.66. The Morgan fingerprint density at radius 1 is 0.806 bits per heavy atom. The van der Waals surface area contributed by atoms with Crippen molar-refractivity contribution >= 4 is 12.1 Å². The first-order valence-electron chi connectivity index (χ1n) is 10.7. The molecule has 0 aliphatic carbocycles. The van der Waals surface area contributed by atoms with E-state index in [1.807, 2.05) is 30.3 Å². The number of aliphatic imine (C=N–C) groups is 1. The molecule has 2 aliphatic rings. The second-order valence-electron chi connectivity index (χ2n) is 8.20. The fourth-order valence-electron chi connectivity index (χ4n) is 4.38. The second-order valence-corrected chi connectivity index (χ2v) is 8.20. The molecular weight excluding hydrogens is 389 g/mol. The molecule has 31 heavy (non-hydrogen) atoms. The largest absolute Gasteiger partial charge is 0.297 e. The molecule has 1 fully saturated rings. The Labute approximate surface area is 181 Å². The fraction of sp³-hybridized carbons (Fsp3) is 0.231. The van der Waals surface area contributed by atoms with E-state index in [0.717, 1.165) is 50.4 Å². The van der Waals surface area contributed by atoms with Crippen molar-refractivity contribution < 1.29 is 9.18 Å². The van der Waals surface area contributed by atoms with Crippen LogP contribution >= 0.6 is 0 Å². The fourth-order valence-corrected chi connectivity index (χ4v) is 4.38. The molecule has 0 saturated carbocycles. The van der Waals surface area contributed by atoms with Crippen LogP contribution in [0.5, 0.6) is 0 Å². The molecular formula is C26H24FN3O. The number of piperazine rings is 1. The van der Waals surface area contributed by atoms with Gasteiger partial charge in [-0.15, -0.1) is 0 Å². The lowest BCUT2D eigenvalue weighted by Crippen LogP contribution is -2.45. The van der Waals surface area contributed by atoms with Crippen molar-refractivity contribution in [1.82, 2.24) is 9.80 Å². The summed E-state index contributed by atoms with van der Waals surface area (Å²) in [4.78, 5) is 20.5. The molecule has 5 rings (SSSR count). The topological polar surface area (TPSA) is 35.9 Å². The Morgan fingerprint density at radius 3 is 2.29 bits per heavy atom. The summed E-state index contributed by atoms with van der Waals surface area (Å²) in [5.74, 6) is -0.351. The van der Waals surface area contributed by atoms with Crippen LogP contribution in [-0.4, -0.2) is 48.1 Å². The molecule has 0 aromatic heterocycles. The molecule has 3 aromatic carbocycles. The third kappa shape index (κ3) is 4.33. The molecule has 0 bridgehead atoms. The third-order valence-electron chi connectivity index (χ3n) is 6.10. The molecule has 4 nitrogen and oxygen atoms in total. The van der Waals surface area contributed by atoms with Gasteiger partial charge in [0.1, 0.15) is 5.82 Å². The van der Waals surface area contributed by atoms with Crippen molar-refractivity contribution in [2.75, 3.05) is 26.2 Å². The Hall–Kier alpha value is -3.15. The number of halogens is 1. The molecule has 0 atom stereocenters. The van der Waals surface area contributed by atoms with Gasteiger partial charge in [-0.05, 0) is 46.5 Å². The number of hydrogen-bond acceptors (Lipinski definition) is 3. The van der Waals surface area contributed by atoms with Gasteiger partial charge in [-0.2, -0.15) is 0 Å². The third-order valence-corrected chi connectivity index (χ3v) is 6.10. The number of fused-ring (bicyclic) bond motifs is 1. The van der Waals surface area contributed by atoms with E-state index in [9.17, 15) is 9.18 Å². The van der Waals surface area contributed by atoms with Crippen molar-refractivity contribution in [2.45, 2.75) is 13.1 Å². The molecule has 0 N–H and O–H groups in total. The number of carbonyl (C=O) groups is 1. The van der Waals surface area contributed by atoms with Gasteiger partial charge < -0.3 is 0 Å². The highest BCUT2D eigenvalue weighted by Crippen LogP contribution is 2.26. The number of carbonyl (C=O) groups excluding carboxylic acids is 1. The van der Waals surface area contributed by atoms with E-state index in [4.69, 9.17) is 0 Å². The minimum absolute atomic E-state index is 0.143. The lowest BCUT2D eigenvalue weighted by Gasteiger charge is -2.35. The minimum atomic E-state index is -0.209. The van der Waals surface area contributed by atoms with E-state index < -0.39 is 0 Å². The zero-order valence-corrected chi connectivity index (χ0v) is 17.3. The molecule has 0 radical (unpaired) electrons. The van der Waals surface area contributed by atoms with Gasteiger partial charge in [0.05, 0.1) is 5.56 Å². The van der Waals surface area contributed by atoms with Gasteiger partial charge in [0.15, 0.2) is 0 Å². The Kier molecular flexibility index (Phi) is 5.45. The number of nitrogens with zero attached hydrogens (tertiary/aromatic N) is 3. The highest BCUT2D eigenvalue weighted by Gasteiger charge is 2.20. The van der Waals surface area contributed by atoms with E-state index in [1.165, 1.54) is 28.8 Å². The summed E-state index contributed by atoms with van der Waals surface area (Å²) in [5.41, 5.74) is 6.33. The summed E-state index contributed by atoms with van der Waals surface area (Å²) >= 11 is 0. The number of hydrogen-bond donors (Lipinski definition) is 0. The van der Waals surface area contributed by atoms with Crippen LogP contribution in [0.25, 0.3) is 11.1 Å². The zero-order chi connectivity index (χ0) is 21.2. The molecule has 1 amide bonds. The maximum absolute atomic E-state index is 13.3. The van der Waals surface area contributed by atoms with Crippen LogP contribution < -0.4 is 0 Å². The highest BCUT2D eigenvalue weighted by molar-refractivity contribution is 6.12. The Bertz CT molecular complexity index is 1130. The maximum atomic E-state index is 13.3. The predicted molar refractivity (Wildman–Crippen MR) is 121 cm³/mol. The Morgan fingerprint density at radius 2 is 1.52 bits per heavy atom. The summed E-state index contributed by atoms with van der Waals surface area (Å²) < 4.78 is 13.3. The molecule has 0 spiro atoms. The van der Waals surface area contributed by atoms with Crippen molar-refractivity contribution in [1.29, 1.82) is 0 Å². The average molecular weight is 413 g/mol. The van der Waals surface area contributed by atoms with Gasteiger partial charge >= 0.3 is 0 Å². The summed E-state index contributed by atoms with van der Waals surface area (Å²) in [6.45, 7) is 5.78. The zero-order valence-electron chi connectivity index (χ0n) is 17.3. The first-order valence-corrected chi connectivity index (χ1v) is 10.7. The van der Waals surface area contributed by atoms with Gasteiger partial charge in [-0.3, -0.25) is 14.6 Å². The second kappa shape index (κ2) is 8.53. The van der Waals surface area contributed by atoms with Crippen molar-refractivity contribution in [2.24, 2.45) is 4.99 Å². The van der Waals surface area contributed by atoms with Crippen LogP contribution in [0.3, 0.4) is 0 Å². The van der Waals surface area contributed by atoms with Crippen LogP contribution in [0.2, 0.25) is 0 Å². The minimum Gasteiger partial charge on any atom is -0.297 e. The lowest BCUT2D eigenvalue weighted by atomic mass is 9.99. The normalized spacial score (nSPS) is 16.6. The molecule has 0 unspecified atom stereocenters. The van der Waals surface area contributed by atoms with Gasteiger partial charge in [0, 0.05) is 51.0 Å². The van der Waals surface area contributed by atoms with Gasteiger partial charge in [-0.1, -0.05) is 42.5 Å². The van der Waals surface area contributed by atoms with Crippen molar-refractivity contribution in [3.8, 4) is 11.1 Å². The van der Waals surface area contributed by atoms with Crippen LogP contribution in [0.15, 0.2) is 71.7 Å². The Balaban J connectivity index is 1.21. The summed E-state index contributed by atoms with van der Waals surface area (Å²) in [5, 5.41) is 0. The predicted octanol–water partition coefficient (Wildman–Crippen LogP) is 4.38. The monoisotopic (exact) mass is 413 g/mol. The molecule has 156 valence electrons. The van der Waals surface area contributed by atoms with E-state index in [0.29, 0.717) is 5.56 Å². The highest BCUT2D eigenvalue weighted by atomic mass is 19.1. The SMILES string of the molecule is O=C1N=Cc2cc(CN3CCN(Cc4ccccc4-c4ccc(F)cc4)CC3)ccc21.